The van der Waals surface area contributed by atoms with E-state index in [0.29, 0.717) is 22.6 Å². The van der Waals surface area contributed by atoms with Gasteiger partial charge in [0.05, 0.1) is 28.6 Å². The second-order valence-corrected chi connectivity index (χ2v) is 11.2. The molecule has 6 aromatic rings. The third-order valence-corrected chi connectivity index (χ3v) is 8.20. The molecular formula is C34H31N9O. The Balaban J connectivity index is 1.06. The molecular weight excluding hydrogens is 550 g/mol. The van der Waals surface area contributed by atoms with Gasteiger partial charge in [-0.15, -0.1) is 15.0 Å². The SMILES string of the molecule is Cc1cc(NC(=O)c2cnc3ccccc3n2)c(-c2nnn(-c3ccc(CCN4CCc5cnccc5C4)cc3)n2)cc1C. The largest absolute Gasteiger partial charge is 0.320 e. The maximum Gasteiger partial charge on any atom is 0.275 e. The molecule has 10 nitrogen and oxygen atoms in total. The van der Waals surface area contributed by atoms with Gasteiger partial charge in [-0.1, -0.05) is 24.3 Å². The van der Waals surface area contributed by atoms with E-state index >= 15 is 0 Å². The number of amides is 1. The van der Waals surface area contributed by atoms with Gasteiger partial charge in [0.2, 0.25) is 5.82 Å². The molecule has 1 aliphatic rings. The Morgan fingerprint density at radius 2 is 1.75 bits per heavy atom. The van der Waals surface area contributed by atoms with Crippen molar-refractivity contribution in [3.05, 3.63) is 119 Å². The van der Waals surface area contributed by atoms with E-state index in [1.54, 1.807) is 0 Å². The van der Waals surface area contributed by atoms with E-state index in [4.69, 9.17) is 0 Å². The lowest BCUT2D eigenvalue weighted by atomic mass is 10.0. The quantitative estimate of drug-likeness (QED) is 0.276. The van der Waals surface area contributed by atoms with Gasteiger partial charge in [-0.05, 0) is 102 Å². The standard InChI is InChI=1S/C34H31N9O/c1-22-17-28(31(18-23(22)2)38-34(44)32-20-36-29-5-3-4-6-30(29)37-32)33-39-41-43(40-33)27-9-7-24(8-10-27)12-15-42-16-13-25-19-35-14-11-26(25)21-42/h3-11,14,17-20H,12-13,15-16,21H2,1-2H3,(H,38,44). The molecule has 10 heteroatoms. The van der Waals surface area contributed by atoms with Gasteiger partial charge >= 0.3 is 0 Å². The topological polar surface area (TPSA) is 115 Å². The number of tetrazole rings is 1. The van der Waals surface area contributed by atoms with Crippen LogP contribution in [0.5, 0.6) is 0 Å². The van der Waals surface area contributed by atoms with Crippen molar-refractivity contribution in [1.82, 2.24) is 40.1 Å². The molecule has 7 rings (SSSR count). The fourth-order valence-electron chi connectivity index (χ4n) is 5.50. The van der Waals surface area contributed by atoms with Crippen molar-refractivity contribution in [3.8, 4) is 17.1 Å². The number of rotatable bonds is 7. The average Bonchev–Trinajstić information content (AvgIpc) is 3.55. The molecule has 0 saturated carbocycles. The van der Waals surface area contributed by atoms with Crippen LogP contribution < -0.4 is 5.32 Å². The summed E-state index contributed by atoms with van der Waals surface area (Å²) >= 11 is 0. The third kappa shape index (κ3) is 5.67. The number of hydrogen-bond donors (Lipinski definition) is 1. The Bertz CT molecular complexity index is 1980. The van der Waals surface area contributed by atoms with Crippen molar-refractivity contribution in [2.75, 3.05) is 18.4 Å². The average molecular weight is 582 g/mol. The van der Waals surface area contributed by atoms with Crippen LogP contribution >= 0.6 is 0 Å². The van der Waals surface area contributed by atoms with Gasteiger partial charge in [-0.3, -0.25) is 19.7 Å². The highest BCUT2D eigenvalue weighted by atomic mass is 16.1. The van der Waals surface area contributed by atoms with Crippen molar-refractivity contribution < 1.29 is 4.79 Å². The molecule has 44 heavy (non-hydrogen) atoms. The normalized spacial score (nSPS) is 13.1. The summed E-state index contributed by atoms with van der Waals surface area (Å²) in [6.45, 7) is 7.04. The van der Waals surface area contributed by atoms with E-state index in [-0.39, 0.29) is 11.6 Å². The summed E-state index contributed by atoms with van der Waals surface area (Å²) in [5.41, 5.74) is 9.77. The van der Waals surface area contributed by atoms with Gasteiger partial charge in [-0.25, -0.2) is 4.98 Å². The molecule has 1 amide bonds. The first kappa shape index (κ1) is 27.5. The summed E-state index contributed by atoms with van der Waals surface area (Å²) < 4.78 is 0. The van der Waals surface area contributed by atoms with Crippen LogP contribution in [0.2, 0.25) is 0 Å². The number of carbonyl (C=O) groups is 1. The van der Waals surface area contributed by atoms with E-state index in [9.17, 15) is 4.79 Å². The van der Waals surface area contributed by atoms with E-state index < -0.39 is 0 Å². The first-order valence-corrected chi connectivity index (χ1v) is 14.7. The number of aryl methyl sites for hydroxylation is 2. The number of nitrogens with zero attached hydrogens (tertiary/aromatic N) is 8. The number of hydrogen-bond acceptors (Lipinski definition) is 8. The lowest BCUT2D eigenvalue weighted by Gasteiger charge is -2.28. The van der Waals surface area contributed by atoms with Crippen LogP contribution in [0, 0.1) is 13.8 Å². The third-order valence-electron chi connectivity index (χ3n) is 8.20. The Kier molecular flexibility index (Phi) is 7.33. The molecule has 0 bridgehead atoms. The molecule has 0 aliphatic carbocycles. The number of carbonyl (C=O) groups excluding carboxylic acids is 1. The number of benzene rings is 3. The zero-order valence-electron chi connectivity index (χ0n) is 24.6. The minimum Gasteiger partial charge on any atom is -0.320 e. The van der Waals surface area contributed by atoms with Crippen LogP contribution in [0.4, 0.5) is 5.69 Å². The zero-order chi connectivity index (χ0) is 30.0. The number of fused-ring (bicyclic) bond motifs is 2. The van der Waals surface area contributed by atoms with Crippen LogP contribution in [0.15, 0.2) is 85.3 Å². The molecule has 1 aliphatic heterocycles. The highest BCUT2D eigenvalue weighted by molar-refractivity contribution is 6.05. The van der Waals surface area contributed by atoms with Gasteiger partial charge in [0.15, 0.2) is 0 Å². The van der Waals surface area contributed by atoms with Crippen LogP contribution in [-0.2, 0) is 19.4 Å². The minimum absolute atomic E-state index is 0.229. The highest BCUT2D eigenvalue weighted by Crippen LogP contribution is 2.29. The highest BCUT2D eigenvalue weighted by Gasteiger charge is 2.18. The number of aromatic nitrogens is 7. The van der Waals surface area contributed by atoms with E-state index in [1.807, 2.05) is 74.8 Å². The smallest absolute Gasteiger partial charge is 0.275 e. The van der Waals surface area contributed by atoms with Crippen molar-refractivity contribution in [3.63, 3.8) is 0 Å². The second-order valence-electron chi connectivity index (χ2n) is 11.2. The van der Waals surface area contributed by atoms with Gasteiger partial charge < -0.3 is 5.32 Å². The van der Waals surface area contributed by atoms with Crippen molar-refractivity contribution >= 4 is 22.6 Å². The summed E-state index contributed by atoms with van der Waals surface area (Å²) in [6, 6.07) is 21.7. The lowest BCUT2D eigenvalue weighted by Crippen LogP contribution is -2.32. The van der Waals surface area contributed by atoms with E-state index in [1.165, 1.54) is 27.7 Å². The van der Waals surface area contributed by atoms with E-state index in [2.05, 4.69) is 58.8 Å². The molecule has 4 heterocycles. The Labute approximate surface area is 254 Å². The minimum atomic E-state index is -0.360. The van der Waals surface area contributed by atoms with Crippen molar-refractivity contribution in [1.29, 1.82) is 0 Å². The first-order valence-electron chi connectivity index (χ1n) is 14.7. The molecule has 3 aromatic heterocycles. The summed E-state index contributed by atoms with van der Waals surface area (Å²) in [6.07, 6.45) is 7.37. The van der Waals surface area contributed by atoms with Gasteiger partial charge in [-0.2, -0.15) is 0 Å². The number of pyridine rings is 1. The lowest BCUT2D eigenvalue weighted by molar-refractivity contribution is 0.102. The molecule has 0 radical (unpaired) electrons. The number of nitrogens with one attached hydrogen (secondary N) is 1. The molecule has 0 spiro atoms. The van der Waals surface area contributed by atoms with Crippen molar-refractivity contribution in [2.45, 2.75) is 33.2 Å². The maximum atomic E-state index is 13.2. The molecule has 0 unspecified atom stereocenters. The second kappa shape index (κ2) is 11.7. The van der Waals surface area contributed by atoms with Gasteiger partial charge in [0.1, 0.15) is 5.69 Å². The molecule has 0 fully saturated rings. The number of anilines is 1. The summed E-state index contributed by atoms with van der Waals surface area (Å²) in [7, 11) is 0. The molecule has 0 atom stereocenters. The predicted molar refractivity (Wildman–Crippen MR) is 168 cm³/mol. The predicted octanol–water partition coefficient (Wildman–Crippen LogP) is 5.14. The van der Waals surface area contributed by atoms with Crippen LogP contribution in [0.25, 0.3) is 28.1 Å². The summed E-state index contributed by atoms with van der Waals surface area (Å²) in [4.78, 5) is 30.4. The van der Waals surface area contributed by atoms with Gasteiger partial charge in [0.25, 0.3) is 5.91 Å². The summed E-state index contributed by atoms with van der Waals surface area (Å²) in [5.74, 6) is 0.0548. The fourth-order valence-corrected chi connectivity index (χ4v) is 5.50. The Morgan fingerprint density at radius 1 is 0.932 bits per heavy atom. The van der Waals surface area contributed by atoms with Crippen LogP contribution in [0.3, 0.4) is 0 Å². The maximum absolute atomic E-state index is 13.2. The molecule has 3 aromatic carbocycles. The monoisotopic (exact) mass is 581 g/mol. The zero-order valence-corrected chi connectivity index (χ0v) is 24.6. The van der Waals surface area contributed by atoms with Crippen molar-refractivity contribution in [2.24, 2.45) is 0 Å². The molecule has 218 valence electrons. The Morgan fingerprint density at radius 3 is 2.61 bits per heavy atom. The Hall–Kier alpha value is -5.35. The number of para-hydroxylation sites is 2. The van der Waals surface area contributed by atoms with E-state index in [0.717, 1.165) is 54.8 Å². The molecule has 0 saturated heterocycles. The van der Waals surface area contributed by atoms with Crippen LogP contribution in [-0.4, -0.2) is 59.1 Å². The fraction of sp³-hybridized carbons (Fsp3) is 0.206. The molecule has 1 N–H and O–H groups in total. The van der Waals surface area contributed by atoms with Gasteiger partial charge in [0, 0.05) is 37.6 Å². The van der Waals surface area contributed by atoms with Crippen LogP contribution in [0.1, 0.15) is 38.3 Å². The first-order chi connectivity index (χ1) is 21.5. The summed E-state index contributed by atoms with van der Waals surface area (Å²) in [5, 5.41) is 16.3.